The average Bonchev–Trinajstić information content (AvgIpc) is 2.93. The van der Waals surface area contributed by atoms with E-state index in [1.807, 2.05) is 36.4 Å². The van der Waals surface area contributed by atoms with Crippen molar-refractivity contribution in [2.24, 2.45) is 0 Å². The Bertz CT molecular complexity index is 1210. The first kappa shape index (κ1) is 16.9. The molecular formula is C19H13BrFN3OS. The molecule has 0 aliphatic carbocycles. The van der Waals surface area contributed by atoms with Gasteiger partial charge in [0.05, 0.1) is 15.9 Å². The van der Waals surface area contributed by atoms with Crippen LogP contribution in [0.4, 0.5) is 10.1 Å². The van der Waals surface area contributed by atoms with Crippen LogP contribution in [0.3, 0.4) is 0 Å². The molecule has 4 aromatic rings. The fourth-order valence-corrected chi connectivity index (χ4v) is 4.19. The number of carbonyl (C=O) groups is 1. The fraction of sp³-hybridized carbons (Fsp3) is 0.0526. The second-order valence-electron chi connectivity index (χ2n) is 5.80. The van der Waals surface area contributed by atoms with Gasteiger partial charge in [0, 0.05) is 9.86 Å². The molecule has 4 rings (SSSR count). The molecule has 1 heterocycles. The Labute approximate surface area is 160 Å². The highest BCUT2D eigenvalue weighted by Crippen LogP contribution is 2.27. The van der Waals surface area contributed by atoms with Gasteiger partial charge in [0.15, 0.2) is 4.80 Å². The van der Waals surface area contributed by atoms with Gasteiger partial charge in [-0.2, -0.15) is 0 Å². The summed E-state index contributed by atoms with van der Waals surface area (Å²) in [5.41, 5.74) is 0.972. The van der Waals surface area contributed by atoms with Gasteiger partial charge < -0.3 is 9.88 Å². The lowest BCUT2D eigenvalue weighted by Crippen LogP contribution is -2.24. The number of fused-ring (bicyclic) bond motifs is 3. The predicted molar refractivity (Wildman–Crippen MR) is 106 cm³/mol. The lowest BCUT2D eigenvalue weighted by molar-refractivity contribution is -0.116. The van der Waals surface area contributed by atoms with Crippen LogP contribution in [0, 0.1) is 11.2 Å². The molecule has 0 saturated carbocycles. The molecule has 0 fully saturated rings. The molecule has 0 aliphatic heterocycles. The van der Waals surface area contributed by atoms with Crippen molar-refractivity contribution in [3.63, 3.8) is 0 Å². The third-order valence-corrected chi connectivity index (χ3v) is 5.55. The van der Waals surface area contributed by atoms with E-state index in [0.717, 1.165) is 21.0 Å². The predicted octanol–water partition coefficient (Wildman–Crippen LogP) is 4.88. The molecule has 0 atom stereocenters. The van der Waals surface area contributed by atoms with E-state index < -0.39 is 5.82 Å². The number of nitrogens with zero attached hydrogens (tertiary/aromatic N) is 1. The van der Waals surface area contributed by atoms with Crippen LogP contribution in [-0.4, -0.2) is 10.5 Å². The van der Waals surface area contributed by atoms with Crippen LogP contribution in [0.25, 0.3) is 21.0 Å². The number of amides is 1. The molecule has 4 nitrogen and oxygen atoms in total. The normalized spacial score (nSPS) is 11.2. The van der Waals surface area contributed by atoms with Crippen LogP contribution in [0.2, 0.25) is 0 Å². The summed E-state index contributed by atoms with van der Waals surface area (Å²) in [5.74, 6) is -0.887. The largest absolute Gasteiger partial charge is 0.322 e. The van der Waals surface area contributed by atoms with Gasteiger partial charge in [0.25, 0.3) is 0 Å². The van der Waals surface area contributed by atoms with Gasteiger partial charge in [-0.3, -0.25) is 10.2 Å². The number of hydrogen-bond donors (Lipinski definition) is 2. The summed E-state index contributed by atoms with van der Waals surface area (Å²) in [7, 11) is 0. The minimum Gasteiger partial charge on any atom is -0.322 e. The van der Waals surface area contributed by atoms with Crippen LogP contribution in [0.15, 0.2) is 59.1 Å². The first-order chi connectivity index (χ1) is 12.5. The highest BCUT2D eigenvalue weighted by atomic mass is 79.9. The monoisotopic (exact) mass is 429 g/mol. The highest BCUT2D eigenvalue weighted by Gasteiger charge is 2.14. The van der Waals surface area contributed by atoms with Crippen LogP contribution >= 0.6 is 27.3 Å². The van der Waals surface area contributed by atoms with Gasteiger partial charge in [-0.05, 0) is 29.7 Å². The fourth-order valence-electron chi connectivity index (χ4n) is 2.93. The van der Waals surface area contributed by atoms with Gasteiger partial charge in [-0.1, -0.05) is 57.6 Å². The number of carbonyl (C=O) groups excluding carboxylic acids is 1. The molecule has 2 N–H and O–H groups in total. The number of thiazole rings is 1. The molecule has 7 heteroatoms. The summed E-state index contributed by atoms with van der Waals surface area (Å²) in [4.78, 5) is 12.7. The van der Waals surface area contributed by atoms with Gasteiger partial charge in [-0.15, -0.1) is 0 Å². The number of nitrogens with one attached hydrogen (secondary N) is 2. The molecule has 0 spiro atoms. The molecule has 0 aliphatic rings. The van der Waals surface area contributed by atoms with Crippen LogP contribution in [-0.2, 0) is 11.3 Å². The van der Waals surface area contributed by atoms with Crippen molar-refractivity contribution in [2.45, 2.75) is 6.54 Å². The van der Waals surface area contributed by atoms with Crippen molar-refractivity contribution in [3.8, 4) is 0 Å². The minimum atomic E-state index is -0.510. The third kappa shape index (κ3) is 3.04. The molecule has 130 valence electrons. The Morgan fingerprint density at radius 1 is 1.19 bits per heavy atom. The number of aromatic nitrogens is 1. The van der Waals surface area contributed by atoms with Crippen LogP contribution in [0.5, 0.6) is 0 Å². The van der Waals surface area contributed by atoms with Crippen molar-refractivity contribution in [2.75, 3.05) is 5.32 Å². The van der Waals surface area contributed by atoms with Crippen molar-refractivity contribution in [3.05, 3.63) is 69.7 Å². The van der Waals surface area contributed by atoms with E-state index >= 15 is 0 Å². The summed E-state index contributed by atoms with van der Waals surface area (Å²) in [6, 6.07) is 16.3. The van der Waals surface area contributed by atoms with Crippen molar-refractivity contribution >= 4 is 59.9 Å². The van der Waals surface area contributed by atoms with E-state index in [9.17, 15) is 9.18 Å². The van der Waals surface area contributed by atoms with E-state index in [2.05, 4.69) is 21.2 Å². The molecule has 3 aromatic carbocycles. The smallest absolute Gasteiger partial charge is 0.244 e. The first-order valence-corrected chi connectivity index (χ1v) is 9.44. The van der Waals surface area contributed by atoms with E-state index in [4.69, 9.17) is 5.41 Å². The molecule has 0 saturated heterocycles. The quantitative estimate of drug-likeness (QED) is 0.479. The Kier molecular flexibility index (Phi) is 4.34. The zero-order chi connectivity index (χ0) is 18.3. The summed E-state index contributed by atoms with van der Waals surface area (Å²) >= 11 is 4.51. The van der Waals surface area contributed by atoms with Gasteiger partial charge in [0.2, 0.25) is 5.91 Å². The molecular weight excluding hydrogens is 417 g/mol. The maximum absolute atomic E-state index is 13.9. The maximum Gasteiger partial charge on any atom is 0.244 e. The Morgan fingerprint density at radius 3 is 2.81 bits per heavy atom. The van der Waals surface area contributed by atoms with Gasteiger partial charge in [0.1, 0.15) is 12.4 Å². The number of hydrogen-bond acceptors (Lipinski definition) is 3. The molecule has 1 amide bonds. The first-order valence-electron chi connectivity index (χ1n) is 7.83. The van der Waals surface area contributed by atoms with Gasteiger partial charge >= 0.3 is 0 Å². The molecule has 26 heavy (non-hydrogen) atoms. The van der Waals surface area contributed by atoms with E-state index in [-0.39, 0.29) is 22.9 Å². The average molecular weight is 430 g/mol. The molecule has 0 unspecified atom stereocenters. The van der Waals surface area contributed by atoms with E-state index in [0.29, 0.717) is 4.47 Å². The molecule has 0 radical (unpaired) electrons. The molecule has 1 aromatic heterocycles. The lowest BCUT2D eigenvalue weighted by atomic mass is 10.1. The summed E-state index contributed by atoms with van der Waals surface area (Å²) in [5, 5.41) is 12.9. The number of benzene rings is 3. The van der Waals surface area contributed by atoms with E-state index in [1.165, 1.54) is 23.5 Å². The Morgan fingerprint density at radius 2 is 2.00 bits per heavy atom. The van der Waals surface area contributed by atoms with E-state index in [1.54, 1.807) is 10.6 Å². The zero-order valence-electron chi connectivity index (χ0n) is 13.4. The van der Waals surface area contributed by atoms with Crippen molar-refractivity contribution in [1.29, 1.82) is 5.41 Å². The summed E-state index contributed by atoms with van der Waals surface area (Å²) in [6.45, 7) is -0.0532. The summed E-state index contributed by atoms with van der Waals surface area (Å²) in [6.07, 6.45) is 0. The number of halogens is 2. The topological polar surface area (TPSA) is 57.9 Å². The molecule has 0 bridgehead atoms. The van der Waals surface area contributed by atoms with Crippen LogP contribution in [0.1, 0.15) is 0 Å². The van der Waals surface area contributed by atoms with Crippen LogP contribution < -0.4 is 10.1 Å². The lowest BCUT2D eigenvalue weighted by Gasteiger charge is -2.09. The second-order valence-corrected chi connectivity index (χ2v) is 7.75. The van der Waals surface area contributed by atoms with Crippen molar-refractivity contribution < 1.29 is 9.18 Å². The standard InChI is InChI=1S/C19H13BrFN3OS/c20-12-6-7-15(14(21)9-12)23-17(25)10-24-18-13-4-2-1-3-11(13)5-8-16(18)26-19(24)22/h1-9,22H,10H2,(H,23,25). The third-order valence-electron chi connectivity index (χ3n) is 4.09. The summed E-state index contributed by atoms with van der Waals surface area (Å²) < 4.78 is 17.1. The maximum atomic E-state index is 13.9. The Balaban J connectivity index is 1.72. The van der Waals surface area contributed by atoms with Crippen molar-refractivity contribution in [1.82, 2.24) is 4.57 Å². The SMILES string of the molecule is N=c1sc2ccc3ccccc3c2n1CC(=O)Nc1ccc(Br)cc1F. The zero-order valence-corrected chi connectivity index (χ0v) is 15.8. The second kappa shape index (κ2) is 6.66. The number of rotatable bonds is 3. The Hall–Kier alpha value is -2.51. The highest BCUT2D eigenvalue weighted by molar-refractivity contribution is 9.10. The van der Waals surface area contributed by atoms with Gasteiger partial charge in [-0.25, -0.2) is 4.39 Å². The minimum absolute atomic E-state index is 0.0532. The number of anilines is 1.